The van der Waals surface area contributed by atoms with E-state index in [2.05, 4.69) is 15.9 Å². The number of allylic oxidation sites excluding steroid dienone is 2. The molecule has 1 heterocycles. The Bertz CT molecular complexity index is 969. The van der Waals surface area contributed by atoms with Gasteiger partial charge >= 0.3 is 0 Å². The van der Waals surface area contributed by atoms with Crippen LogP contribution in [0.2, 0.25) is 10.0 Å². The van der Waals surface area contributed by atoms with Crippen LogP contribution in [0.3, 0.4) is 0 Å². The molecule has 0 bridgehead atoms. The molecule has 2 aromatic carbocycles. The highest BCUT2D eigenvalue weighted by Gasteiger charge is 2.40. The highest BCUT2D eigenvalue weighted by molar-refractivity contribution is 9.10. The number of carbonyl (C=O) groups is 2. The number of carbonyl (C=O) groups excluding carboxylic acids is 2. The molecule has 2 aromatic rings. The number of amides is 1. The Balaban J connectivity index is 1.87. The zero-order chi connectivity index (χ0) is 19.1. The molecule has 1 atom stereocenters. The number of benzene rings is 2. The Hall–Kier alpha value is -1.62. The molecule has 0 spiro atoms. The Labute approximate surface area is 176 Å². The summed E-state index contributed by atoms with van der Waals surface area (Å²) in [6, 6.07) is 12.9. The van der Waals surface area contributed by atoms with Crippen molar-refractivity contribution >= 4 is 56.5 Å². The van der Waals surface area contributed by atoms with Crippen LogP contribution in [-0.4, -0.2) is 11.7 Å². The van der Waals surface area contributed by atoms with Gasteiger partial charge in [-0.1, -0.05) is 51.3 Å². The molecule has 0 saturated carbocycles. The maximum absolute atomic E-state index is 13.1. The third-order valence-electron chi connectivity index (χ3n) is 5.10. The maximum Gasteiger partial charge on any atom is 0.232 e. The lowest BCUT2D eigenvalue weighted by molar-refractivity contribution is -0.119. The van der Waals surface area contributed by atoms with Crippen LogP contribution < -0.4 is 4.90 Å². The number of halogens is 3. The lowest BCUT2D eigenvalue weighted by Crippen LogP contribution is -2.40. The van der Waals surface area contributed by atoms with E-state index in [4.69, 9.17) is 23.2 Å². The van der Waals surface area contributed by atoms with Crippen LogP contribution >= 0.6 is 39.1 Å². The van der Waals surface area contributed by atoms with Gasteiger partial charge in [-0.3, -0.25) is 14.5 Å². The van der Waals surface area contributed by atoms with Crippen molar-refractivity contribution in [2.45, 2.75) is 31.6 Å². The van der Waals surface area contributed by atoms with E-state index in [-0.39, 0.29) is 24.0 Å². The first-order chi connectivity index (χ1) is 13.0. The van der Waals surface area contributed by atoms with Gasteiger partial charge in [0, 0.05) is 39.5 Å². The van der Waals surface area contributed by atoms with E-state index >= 15 is 0 Å². The SMILES string of the molecule is O=C1CCCC2=C1C(c1ccc(Br)cc1)CC(=O)N2c1ccc(Cl)cc1Cl. The number of nitrogens with zero attached hydrogens (tertiary/aromatic N) is 1. The fourth-order valence-electron chi connectivity index (χ4n) is 3.91. The molecule has 1 aliphatic heterocycles. The first-order valence-corrected chi connectivity index (χ1v) is 10.3. The number of hydrogen-bond donors (Lipinski definition) is 0. The Morgan fingerprint density at radius 3 is 2.44 bits per heavy atom. The first kappa shape index (κ1) is 18.7. The second-order valence-electron chi connectivity index (χ2n) is 6.77. The van der Waals surface area contributed by atoms with Gasteiger partial charge in [0.2, 0.25) is 5.91 Å². The summed E-state index contributed by atoms with van der Waals surface area (Å²) in [5, 5.41) is 0.915. The van der Waals surface area contributed by atoms with Gasteiger partial charge in [-0.25, -0.2) is 0 Å². The number of Topliss-reactive ketones (excluding diaryl/α,β-unsaturated/α-hetero) is 1. The highest BCUT2D eigenvalue weighted by atomic mass is 79.9. The van der Waals surface area contributed by atoms with Crippen molar-refractivity contribution in [3.63, 3.8) is 0 Å². The Morgan fingerprint density at radius 2 is 1.74 bits per heavy atom. The van der Waals surface area contributed by atoms with E-state index in [1.165, 1.54) is 0 Å². The Kier molecular flexibility index (Phi) is 5.15. The number of hydrogen-bond acceptors (Lipinski definition) is 2. The van der Waals surface area contributed by atoms with E-state index in [0.29, 0.717) is 28.6 Å². The summed E-state index contributed by atoms with van der Waals surface area (Å²) in [4.78, 5) is 27.6. The standard InChI is InChI=1S/C21H16BrCl2NO2/c22-13-6-4-12(5-7-13)15-11-20(27)25(17-9-8-14(23)10-16(17)24)18-2-1-3-19(26)21(15)18/h4-10,15H,1-3,11H2. The lowest BCUT2D eigenvalue weighted by Gasteiger charge is -2.38. The van der Waals surface area contributed by atoms with Crippen LogP contribution in [0.4, 0.5) is 5.69 Å². The highest BCUT2D eigenvalue weighted by Crippen LogP contribution is 2.45. The van der Waals surface area contributed by atoms with Crippen LogP contribution in [0.25, 0.3) is 0 Å². The minimum atomic E-state index is -0.212. The molecule has 1 aliphatic carbocycles. The first-order valence-electron chi connectivity index (χ1n) is 8.75. The average Bonchev–Trinajstić information content (AvgIpc) is 2.63. The van der Waals surface area contributed by atoms with E-state index in [0.717, 1.165) is 27.7 Å². The van der Waals surface area contributed by atoms with Crippen molar-refractivity contribution in [1.29, 1.82) is 0 Å². The summed E-state index contributed by atoms with van der Waals surface area (Å²) >= 11 is 15.8. The van der Waals surface area contributed by atoms with Crippen molar-refractivity contribution in [1.82, 2.24) is 0 Å². The van der Waals surface area contributed by atoms with Crippen LogP contribution in [0, 0.1) is 0 Å². The van der Waals surface area contributed by atoms with E-state index < -0.39 is 0 Å². The van der Waals surface area contributed by atoms with Crippen LogP contribution in [-0.2, 0) is 9.59 Å². The largest absolute Gasteiger partial charge is 0.294 e. The van der Waals surface area contributed by atoms with E-state index in [9.17, 15) is 9.59 Å². The summed E-state index contributed by atoms with van der Waals surface area (Å²) in [5.74, 6) is -0.150. The van der Waals surface area contributed by atoms with Gasteiger partial charge < -0.3 is 0 Å². The normalized spacial score (nSPS) is 20.1. The smallest absolute Gasteiger partial charge is 0.232 e. The van der Waals surface area contributed by atoms with E-state index in [1.54, 1.807) is 23.1 Å². The van der Waals surface area contributed by atoms with Gasteiger partial charge in [0.05, 0.1) is 10.7 Å². The number of anilines is 1. The van der Waals surface area contributed by atoms with Gasteiger partial charge in [0.1, 0.15) is 0 Å². The van der Waals surface area contributed by atoms with Gasteiger partial charge in [-0.05, 0) is 48.7 Å². The summed E-state index contributed by atoms with van der Waals surface area (Å²) in [6.45, 7) is 0. The molecule has 0 N–H and O–H groups in total. The summed E-state index contributed by atoms with van der Waals surface area (Å²) in [5.41, 5.74) is 3.09. The molecule has 0 saturated heterocycles. The van der Waals surface area contributed by atoms with Crippen molar-refractivity contribution in [2.24, 2.45) is 0 Å². The fourth-order valence-corrected chi connectivity index (χ4v) is 4.67. The molecule has 138 valence electrons. The lowest BCUT2D eigenvalue weighted by atomic mass is 9.77. The van der Waals surface area contributed by atoms with Gasteiger partial charge in [-0.15, -0.1) is 0 Å². The minimum absolute atomic E-state index is 0.0550. The zero-order valence-electron chi connectivity index (χ0n) is 14.3. The summed E-state index contributed by atoms with van der Waals surface area (Å²) in [6.07, 6.45) is 2.17. The molecule has 27 heavy (non-hydrogen) atoms. The van der Waals surface area contributed by atoms with Crippen LogP contribution in [0.15, 0.2) is 58.2 Å². The molecule has 1 unspecified atom stereocenters. The Morgan fingerprint density at radius 1 is 1.00 bits per heavy atom. The number of ketones is 1. The third kappa shape index (κ3) is 3.46. The molecular formula is C21H16BrCl2NO2. The molecule has 0 aromatic heterocycles. The van der Waals surface area contributed by atoms with Crippen molar-refractivity contribution in [2.75, 3.05) is 4.90 Å². The van der Waals surface area contributed by atoms with Gasteiger partial charge in [0.15, 0.2) is 5.78 Å². The summed E-state index contributed by atoms with van der Waals surface area (Å²) < 4.78 is 0.965. The maximum atomic E-state index is 13.1. The molecule has 4 rings (SSSR count). The molecule has 6 heteroatoms. The van der Waals surface area contributed by atoms with Crippen molar-refractivity contribution < 1.29 is 9.59 Å². The van der Waals surface area contributed by atoms with Gasteiger partial charge in [-0.2, -0.15) is 0 Å². The molecule has 1 amide bonds. The minimum Gasteiger partial charge on any atom is -0.294 e. The second kappa shape index (κ2) is 7.42. The second-order valence-corrected chi connectivity index (χ2v) is 8.53. The van der Waals surface area contributed by atoms with Crippen molar-refractivity contribution in [3.05, 3.63) is 73.8 Å². The molecule has 0 radical (unpaired) electrons. The molecule has 0 fully saturated rings. The molecule has 3 nitrogen and oxygen atoms in total. The van der Waals surface area contributed by atoms with Gasteiger partial charge in [0.25, 0.3) is 0 Å². The summed E-state index contributed by atoms with van der Waals surface area (Å²) in [7, 11) is 0. The number of rotatable bonds is 2. The predicted octanol–water partition coefficient (Wildman–Crippen LogP) is 6.28. The topological polar surface area (TPSA) is 37.4 Å². The zero-order valence-corrected chi connectivity index (χ0v) is 17.4. The predicted molar refractivity (Wildman–Crippen MR) is 111 cm³/mol. The molecular weight excluding hydrogens is 449 g/mol. The van der Waals surface area contributed by atoms with E-state index in [1.807, 2.05) is 24.3 Å². The molecule has 2 aliphatic rings. The van der Waals surface area contributed by atoms with Crippen molar-refractivity contribution in [3.8, 4) is 0 Å². The average molecular weight is 465 g/mol. The van der Waals surface area contributed by atoms with Crippen LogP contribution in [0.5, 0.6) is 0 Å². The fraction of sp³-hybridized carbons (Fsp3) is 0.238. The monoisotopic (exact) mass is 463 g/mol. The third-order valence-corrected chi connectivity index (χ3v) is 6.16. The van der Waals surface area contributed by atoms with Crippen LogP contribution in [0.1, 0.15) is 37.2 Å². The quantitative estimate of drug-likeness (QED) is 0.524.